The highest BCUT2D eigenvalue weighted by Crippen LogP contribution is 2.37. The van der Waals surface area contributed by atoms with E-state index in [0.717, 1.165) is 24.8 Å². The van der Waals surface area contributed by atoms with Crippen LogP contribution in [0.15, 0.2) is 36.9 Å². The van der Waals surface area contributed by atoms with Gasteiger partial charge in [-0.3, -0.25) is 4.90 Å². The van der Waals surface area contributed by atoms with Gasteiger partial charge in [0.1, 0.15) is 12.4 Å². The van der Waals surface area contributed by atoms with Crippen molar-refractivity contribution in [2.45, 2.75) is 82.3 Å². The molecule has 0 radical (unpaired) electrons. The molecule has 1 aliphatic carbocycles. The minimum absolute atomic E-state index is 0. The van der Waals surface area contributed by atoms with Crippen LogP contribution in [0.4, 0.5) is 0 Å². The summed E-state index contributed by atoms with van der Waals surface area (Å²) in [6, 6.07) is 9.21. The summed E-state index contributed by atoms with van der Waals surface area (Å²) in [5, 5.41) is 0. The zero-order valence-electron chi connectivity index (χ0n) is 18.2. The fourth-order valence-corrected chi connectivity index (χ4v) is 5.09. The third-order valence-corrected chi connectivity index (χ3v) is 6.66. The van der Waals surface area contributed by atoms with E-state index in [2.05, 4.69) is 35.7 Å². The van der Waals surface area contributed by atoms with Crippen molar-refractivity contribution >= 4 is 12.4 Å². The van der Waals surface area contributed by atoms with Gasteiger partial charge >= 0.3 is 0 Å². The van der Waals surface area contributed by atoms with Crippen LogP contribution in [-0.4, -0.2) is 43.9 Å². The lowest BCUT2D eigenvalue weighted by molar-refractivity contribution is -0.00521. The molecular formula is C25H40ClNO2. The summed E-state index contributed by atoms with van der Waals surface area (Å²) in [7, 11) is 1.88. The van der Waals surface area contributed by atoms with E-state index in [4.69, 9.17) is 9.47 Å². The lowest BCUT2D eigenvalue weighted by Crippen LogP contribution is -2.48. The normalized spacial score (nSPS) is 25.0. The summed E-state index contributed by atoms with van der Waals surface area (Å²) in [4.78, 5) is 2.74. The van der Waals surface area contributed by atoms with Crippen LogP contribution in [0.1, 0.15) is 75.7 Å². The Morgan fingerprint density at radius 1 is 1.00 bits per heavy atom. The lowest BCUT2D eigenvalue weighted by atomic mass is 9.85. The summed E-state index contributed by atoms with van der Waals surface area (Å²) in [6.45, 7) is 6.55. The first-order valence-corrected chi connectivity index (χ1v) is 11.4. The van der Waals surface area contributed by atoms with Crippen LogP contribution < -0.4 is 4.74 Å². The van der Waals surface area contributed by atoms with Crippen molar-refractivity contribution < 1.29 is 9.47 Å². The lowest BCUT2D eigenvalue weighted by Gasteiger charge is -2.42. The average molecular weight is 422 g/mol. The average Bonchev–Trinajstić information content (AvgIpc) is 2.75. The SMILES string of the molecule is C=CCOc1ccccc1C1CCN(C2CCCCCCCCC2)CC1OC.Cl. The molecule has 0 amide bonds. The Morgan fingerprint density at radius 3 is 2.31 bits per heavy atom. The summed E-state index contributed by atoms with van der Waals surface area (Å²) in [5.74, 6) is 1.39. The maximum absolute atomic E-state index is 6.02. The number of rotatable bonds is 6. The van der Waals surface area contributed by atoms with Gasteiger partial charge in [-0.25, -0.2) is 0 Å². The van der Waals surface area contributed by atoms with Crippen LogP contribution in [0, 0.1) is 0 Å². The van der Waals surface area contributed by atoms with Crippen molar-refractivity contribution in [2.75, 3.05) is 26.8 Å². The van der Waals surface area contributed by atoms with Crippen LogP contribution >= 0.6 is 12.4 Å². The molecule has 3 rings (SSSR count). The number of nitrogens with zero attached hydrogens (tertiary/aromatic N) is 1. The molecule has 0 N–H and O–H groups in total. The van der Waals surface area contributed by atoms with Crippen molar-refractivity contribution in [3.05, 3.63) is 42.5 Å². The fraction of sp³-hybridized carbons (Fsp3) is 0.680. The zero-order valence-corrected chi connectivity index (χ0v) is 19.0. The minimum atomic E-state index is 0. The highest BCUT2D eigenvalue weighted by molar-refractivity contribution is 5.85. The van der Waals surface area contributed by atoms with Crippen LogP contribution in [0.25, 0.3) is 0 Å². The van der Waals surface area contributed by atoms with E-state index in [1.807, 2.05) is 13.2 Å². The summed E-state index contributed by atoms with van der Waals surface area (Å²) >= 11 is 0. The predicted molar refractivity (Wildman–Crippen MR) is 124 cm³/mol. The molecule has 29 heavy (non-hydrogen) atoms. The smallest absolute Gasteiger partial charge is 0.123 e. The van der Waals surface area contributed by atoms with Gasteiger partial charge in [-0.1, -0.05) is 75.8 Å². The third kappa shape index (κ3) is 7.01. The predicted octanol–water partition coefficient (Wildman–Crippen LogP) is 6.37. The van der Waals surface area contributed by atoms with E-state index in [-0.39, 0.29) is 18.5 Å². The molecule has 0 aromatic heterocycles. The third-order valence-electron chi connectivity index (χ3n) is 6.66. The van der Waals surface area contributed by atoms with E-state index in [1.54, 1.807) is 0 Å². The van der Waals surface area contributed by atoms with Gasteiger partial charge in [0.25, 0.3) is 0 Å². The maximum Gasteiger partial charge on any atom is 0.123 e. The molecule has 1 heterocycles. The number of hydrogen-bond donors (Lipinski definition) is 0. The highest BCUT2D eigenvalue weighted by atomic mass is 35.5. The summed E-state index contributed by atoms with van der Waals surface area (Å²) in [6.07, 6.45) is 15.8. The number of likely N-dealkylation sites (tertiary alicyclic amines) is 1. The molecule has 2 unspecified atom stereocenters. The van der Waals surface area contributed by atoms with E-state index in [9.17, 15) is 0 Å². The molecule has 1 aromatic carbocycles. The molecule has 2 atom stereocenters. The van der Waals surface area contributed by atoms with Crippen LogP contribution in [0.3, 0.4) is 0 Å². The van der Waals surface area contributed by atoms with E-state index in [0.29, 0.717) is 12.5 Å². The topological polar surface area (TPSA) is 21.7 Å². The molecule has 3 nitrogen and oxygen atoms in total. The molecular weight excluding hydrogens is 382 g/mol. The molecule has 2 aliphatic rings. The second-order valence-corrected chi connectivity index (χ2v) is 8.51. The molecule has 4 heteroatoms. The van der Waals surface area contributed by atoms with Crippen molar-refractivity contribution in [1.29, 1.82) is 0 Å². The number of benzene rings is 1. The van der Waals surface area contributed by atoms with Gasteiger partial charge in [-0.15, -0.1) is 12.4 Å². The molecule has 0 bridgehead atoms. The van der Waals surface area contributed by atoms with Crippen molar-refractivity contribution in [2.24, 2.45) is 0 Å². The van der Waals surface area contributed by atoms with Gasteiger partial charge in [-0.05, 0) is 37.4 Å². The van der Waals surface area contributed by atoms with E-state index >= 15 is 0 Å². The number of ether oxygens (including phenoxy) is 2. The van der Waals surface area contributed by atoms with Crippen LogP contribution in [0.5, 0.6) is 5.75 Å². The van der Waals surface area contributed by atoms with Gasteiger partial charge in [0, 0.05) is 25.6 Å². The fourth-order valence-electron chi connectivity index (χ4n) is 5.09. The number of piperidine rings is 1. The number of para-hydroxylation sites is 1. The Bertz CT molecular complexity index is 584. The van der Waals surface area contributed by atoms with Crippen molar-refractivity contribution in [3.63, 3.8) is 0 Å². The standard InChI is InChI=1S/C25H39NO2.ClH/c1-3-19-28-24-16-12-11-15-22(24)23-17-18-26(20-25(23)27-2)21-13-9-7-5-4-6-8-10-14-21;/h3,11-12,15-16,21,23,25H,1,4-10,13-14,17-20H2,2H3;1H. The van der Waals surface area contributed by atoms with Gasteiger partial charge < -0.3 is 9.47 Å². The summed E-state index contributed by atoms with van der Waals surface area (Å²) in [5.41, 5.74) is 1.29. The van der Waals surface area contributed by atoms with Crippen molar-refractivity contribution in [3.8, 4) is 5.75 Å². The quantitative estimate of drug-likeness (QED) is 0.498. The molecule has 1 saturated heterocycles. The first-order chi connectivity index (χ1) is 13.8. The number of methoxy groups -OCH3 is 1. The molecule has 1 aliphatic heterocycles. The second kappa shape index (κ2) is 13.3. The number of halogens is 1. The summed E-state index contributed by atoms with van der Waals surface area (Å²) < 4.78 is 12.0. The van der Waals surface area contributed by atoms with E-state index < -0.39 is 0 Å². The largest absolute Gasteiger partial charge is 0.489 e. The minimum Gasteiger partial charge on any atom is -0.489 e. The number of hydrogen-bond acceptors (Lipinski definition) is 3. The molecule has 164 valence electrons. The first kappa shape index (κ1) is 24.2. The van der Waals surface area contributed by atoms with Gasteiger partial charge in [0.15, 0.2) is 0 Å². The molecule has 2 fully saturated rings. The van der Waals surface area contributed by atoms with Gasteiger partial charge in [0.05, 0.1) is 6.10 Å². The van der Waals surface area contributed by atoms with E-state index in [1.165, 1.54) is 69.9 Å². The Kier molecular flexibility index (Phi) is 11.1. The van der Waals surface area contributed by atoms with Gasteiger partial charge in [-0.2, -0.15) is 0 Å². The van der Waals surface area contributed by atoms with Crippen molar-refractivity contribution in [1.82, 2.24) is 4.90 Å². The monoisotopic (exact) mass is 421 g/mol. The zero-order chi connectivity index (χ0) is 19.6. The Labute approximate surface area is 184 Å². The van der Waals surface area contributed by atoms with Gasteiger partial charge in [0.2, 0.25) is 0 Å². The van der Waals surface area contributed by atoms with Crippen LogP contribution in [-0.2, 0) is 4.74 Å². The second-order valence-electron chi connectivity index (χ2n) is 8.51. The first-order valence-electron chi connectivity index (χ1n) is 11.4. The van der Waals surface area contributed by atoms with Crippen LogP contribution in [0.2, 0.25) is 0 Å². The molecule has 1 aromatic rings. The Balaban J connectivity index is 0.00000300. The Hall–Kier alpha value is -1.03. The maximum atomic E-state index is 6.02. The Morgan fingerprint density at radius 2 is 1.66 bits per heavy atom. The molecule has 1 saturated carbocycles. The highest BCUT2D eigenvalue weighted by Gasteiger charge is 2.34. The molecule has 0 spiro atoms.